The van der Waals surface area contributed by atoms with Gasteiger partial charge in [0.25, 0.3) is 0 Å². The Labute approximate surface area is 107 Å². The SMILES string of the molecule is CC=CC(C)(OCCC(C)(C)OC)C(C)CC. The molecule has 0 N–H and O–H groups in total. The molecule has 0 saturated heterocycles. The second kappa shape index (κ2) is 7.17. The van der Waals surface area contributed by atoms with E-state index in [1.54, 1.807) is 7.11 Å². The van der Waals surface area contributed by atoms with Gasteiger partial charge < -0.3 is 9.47 Å². The monoisotopic (exact) mass is 242 g/mol. The summed E-state index contributed by atoms with van der Waals surface area (Å²) in [6.45, 7) is 13.6. The summed E-state index contributed by atoms with van der Waals surface area (Å²) in [6, 6.07) is 0. The minimum absolute atomic E-state index is 0.105. The summed E-state index contributed by atoms with van der Waals surface area (Å²) < 4.78 is 11.5. The summed E-state index contributed by atoms with van der Waals surface area (Å²) in [5, 5.41) is 0. The van der Waals surface area contributed by atoms with Gasteiger partial charge in [-0.1, -0.05) is 32.4 Å². The van der Waals surface area contributed by atoms with E-state index in [0.717, 1.165) is 19.4 Å². The Bertz CT molecular complexity index is 233. The van der Waals surface area contributed by atoms with Crippen LogP contribution in [-0.2, 0) is 9.47 Å². The average Bonchev–Trinajstić information content (AvgIpc) is 2.28. The zero-order valence-electron chi connectivity index (χ0n) is 12.7. The Balaban J connectivity index is 4.38. The topological polar surface area (TPSA) is 18.5 Å². The van der Waals surface area contributed by atoms with E-state index in [0.29, 0.717) is 5.92 Å². The minimum atomic E-state index is -0.159. The lowest BCUT2D eigenvalue weighted by Gasteiger charge is -2.34. The smallest absolute Gasteiger partial charge is 0.0859 e. The highest BCUT2D eigenvalue weighted by Gasteiger charge is 2.28. The minimum Gasteiger partial charge on any atom is -0.379 e. The van der Waals surface area contributed by atoms with Gasteiger partial charge in [0.2, 0.25) is 0 Å². The third-order valence-corrected chi connectivity index (χ3v) is 3.76. The van der Waals surface area contributed by atoms with Crippen molar-refractivity contribution in [1.29, 1.82) is 0 Å². The second-order valence-corrected chi connectivity index (χ2v) is 5.56. The molecular weight excluding hydrogens is 212 g/mol. The van der Waals surface area contributed by atoms with Crippen LogP contribution in [-0.4, -0.2) is 24.9 Å². The van der Waals surface area contributed by atoms with E-state index in [9.17, 15) is 0 Å². The third-order valence-electron chi connectivity index (χ3n) is 3.76. The Morgan fingerprint density at radius 2 is 1.82 bits per heavy atom. The predicted molar refractivity (Wildman–Crippen MR) is 74.3 cm³/mol. The first-order chi connectivity index (χ1) is 7.81. The van der Waals surface area contributed by atoms with Gasteiger partial charge in [0.05, 0.1) is 17.8 Å². The van der Waals surface area contributed by atoms with Crippen LogP contribution in [0.1, 0.15) is 54.4 Å². The van der Waals surface area contributed by atoms with Crippen molar-refractivity contribution >= 4 is 0 Å². The predicted octanol–water partition coefficient (Wildman–Crippen LogP) is 4.20. The van der Waals surface area contributed by atoms with Gasteiger partial charge in [0, 0.05) is 7.11 Å². The fourth-order valence-electron chi connectivity index (χ4n) is 1.71. The Kier molecular flexibility index (Phi) is 7.03. The third kappa shape index (κ3) is 5.69. The van der Waals surface area contributed by atoms with Gasteiger partial charge in [-0.2, -0.15) is 0 Å². The van der Waals surface area contributed by atoms with Gasteiger partial charge in [0.1, 0.15) is 0 Å². The van der Waals surface area contributed by atoms with E-state index < -0.39 is 0 Å². The standard InChI is InChI=1S/C15H30O2/c1-8-10-15(6,13(3)9-2)17-12-11-14(4,5)16-7/h8,10,13H,9,11-12H2,1-7H3. The molecule has 0 spiro atoms. The maximum Gasteiger partial charge on any atom is 0.0859 e. The first-order valence-corrected chi connectivity index (χ1v) is 6.64. The summed E-state index contributed by atoms with van der Waals surface area (Å²) in [7, 11) is 1.75. The van der Waals surface area contributed by atoms with Crippen LogP contribution < -0.4 is 0 Å². The van der Waals surface area contributed by atoms with Crippen LogP contribution in [0, 0.1) is 5.92 Å². The molecule has 2 unspecified atom stereocenters. The second-order valence-electron chi connectivity index (χ2n) is 5.56. The molecule has 0 aliphatic heterocycles. The largest absolute Gasteiger partial charge is 0.379 e. The lowest BCUT2D eigenvalue weighted by Crippen LogP contribution is -2.36. The molecule has 0 aromatic rings. The molecule has 102 valence electrons. The van der Waals surface area contributed by atoms with Gasteiger partial charge in [-0.25, -0.2) is 0 Å². The lowest BCUT2D eigenvalue weighted by atomic mass is 9.88. The fourth-order valence-corrected chi connectivity index (χ4v) is 1.71. The summed E-state index contributed by atoms with van der Waals surface area (Å²) >= 11 is 0. The maximum absolute atomic E-state index is 6.09. The molecule has 0 aromatic heterocycles. The van der Waals surface area contributed by atoms with E-state index in [2.05, 4.69) is 46.8 Å². The Morgan fingerprint density at radius 1 is 1.24 bits per heavy atom. The number of methoxy groups -OCH3 is 1. The van der Waals surface area contributed by atoms with E-state index in [4.69, 9.17) is 9.47 Å². The number of hydrogen-bond acceptors (Lipinski definition) is 2. The Hall–Kier alpha value is -0.340. The van der Waals surface area contributed by atoms with Gasteiger partial charge in [0.15, 0.2) is 0 Å². The van der Waals surface area contributed by atoms with E-state index in [1.165, 1.54) is 0 Å². The van der Waals surface area contributed by atoms with Gasteiger partial charge >= 0.3 is 0 Å². The summed E-state index contributed by atoms with van der Waals surface area (Å²) in [5.74, 6) is 0.518. The van der Waals surface area contributed by atoms with Crippen LogP contribution in [0.2, 0.25) is 0 Å². The normalized spacial score (nSPS) is 18.3. The highest BCUT2D eigenvalue weighted by molar-refractivity contribution is 5.01. The molecule has 2 heteroatoms. The first-order valence-electron chi connectivity index (χ1n) is 6.64. The molecule has 0 amide bonds. The molecular formula is C15H30O2. The first kappa shape index (κ1) is 16.7. The van der Waals surface area contributed by atoms with Crippen molar-refractivity contribution in [3.8, 4) is 0 Å². The molecule has 0 aliphatic carbocycles. The fraction of sp³-hybridized carbons (Fsp3) is 0.867. The highest BCUT2D eigenvalue weighted by atomic mass is 16.5. The van der Waals surface area contributed by atoms with Crippen LogP contribution in [0.4, 0.5) is 0 Å². The molecule has 2 nitrogen and oxygen atoms in total. The molecule has 0 radical (unpaired) electrons. The molecule has 0 rings (SSSR count). The van der Waals surface area contributed by atoms with Crippen LogP contribution in [0.15, 0.2) is 12.2 Å². The van der Waals surface area contributed by atoms with Gasteiger partial charge in [-0.05, 0) is 40.0 Å². The summed E-state index contributed by atoms with van der Waals surface area (Å²) in [4.78, 5) is 0. The highest BCUT2D eigenvalue weighted by Crippen LogP contribution is 2.27. The van der Waals surface area contributed by atoms with Gasteiger partial charge in [-0.3, -0.25) is 0 Å². The van der Waals surface area contributed by atoms with Crippen LogP contribution in [0.25, 0.3) is 0 Å². The van der Waals surface area contributed by atoms with Crippen LogP contribution >= 0.6 is 0 Å². The zero-order valence-corrected chi connectivity index (χ0v) is 12.7. The molecule has 0 bridgehead atoms. The molecule has 0 saturated carbocycles. The number of allylic oxidation sites excluding steroid dienone is 1. The van der Waals surface area contributed by atoms with Crippen molar-refractivity contribution in [2.24, 2.45) is 5.92 Å². The van der Waals surface area contributed by atoms with Crippen molar-refractivity contribution < 1.29 is 9.47 Å². The van der Waals surface area contributed by atoms with Crippen molar-refractivity contribution in [2.75, 3.05) is 13.7 Å². The number of ether oxygens (including phenoxy) is 2. The van der Waals surface area contributed by atoms with Gasteiger partial charge in [-0.15, -0.1) is 0 Å². The van der Waals surface area contributed by atoms with Crippen LogP contribution in [0.5, 0.6) is 0 Å². The van der Waals surface area contributed by atoms with Crippen molar-refractivity contribution in [1.82, 2.24) is 0 Å². The van der Waals surface area contributed by atoms with Crippen LogP contribution in [0.3, 0.4) is 0 Å². The molecule has 0 fully saturated rings. The molecule has 0 aromatic carbocycles. The summed E-state index contributed by atoms with van der Waals surface area (Å²) in [5.41, 5.74) is -0.264. The van der Waals surface area contributed by atoms with Crippen molar-refractivity contribution in [3.05, 3.63) is 12.2 Å². The summed E-state index contributed by atoms with van der Waals surface area (Å²) in [6.07, 6.45) is 6.27. The van der Waals surface area contributed by atoms with Crippen molar-refractivity contribution in [2.45, 2.75) is 65.6 Å². The Morgan fingerprint density at radius 3 is 2.24 bits per heavy atom. The number of hydrogen-bond donors (Lipinski definition) is 0. The molecule has 0 heterocycles. The lowest BCUT2D eigenvalue weighted by molar-refractivity contribution is -0.0664. The van der Waals surface area contributed by atoms with Crippen molar-refractivity contribution in [3.63, 3.8) is 0 Å². The zero-order chi connectivity index (χ0) is 13.5. The van der Waals surface area contributed by atoms with E-state index >= 15 is 0 Å². The molecule has 17 heavy (non-hydrogen) atoms. The molecule has 0 aliphatic rings. The average molecular weight is 242 g/mol. The maximum atomic E-state index is 6.09. The van der Waals surface area contributed by atoms with E-state index in [1.807, 2.05) is 6.92 Å². The molecule has 2 atom stereocenters. The number of rotatable bonds is 8. The van der Waals surface area contributed by atoms with E-state index in [-0.39, 0.29) is 11.2 Å². The quantitative estimate of drug-likeness (QED) is 0.594.